The standard InChI is InChI=1S/C60H37N5/c1-3-15-41(16-4-1)58-62-59(64-60(63-58)43-35-36-49-47-21-8-7-19-45(47)46-20-9-10-22-48(46)52(49)37-43)42-33-29-39(30-34-42)38-27-31-40(32-28-38)56-57-55(50-23-11-13-25-53(50)61-56)51-24-12-14-26-54(51)65(57)44-17-5-2-6-18-44/h1-37H. The van der Waals surface area contributed by atoms with E-state index in [1.54, 1.807) is 0 Å². The van der Waals surface area contributed by atoms with Gasteiger partial charge in [-0.05, 0) is 73.8 Å². The lowest BCUT2D eigenvalue weighted by atomic mass is 9.93. The van der Waals surface area contributed by atoms with Gasteiger partial charge < -0.3 is 4.57 Å². The van der Waals surface area contributed by atoms with Gasteiger partial charge in [0.05, 0.1) is 22.2 Å². The molecule has 0 aliphatic carbocycles. The van der Waals surface area contributed by atoms with Crippen LogP contribution >= 0.6 is 0 Å². The Morgan fingerprint density at radius 1 is 0.277 bits per heavy atom. The molecule has 0 aliphatic rings. The van der Waals surface area contributed by atoms with Crippen LogP contribution in [-0.4, -0.2) is 24.5 Å². The van der Waals surface area contributed by atoms with Crippen molar-refractivity contribution >= 4 is 65.0 Å². The molecule has 0 unspecified atom stereocenters. The van der Waals surface area contributed by atoms with Crippen LogP contribution in [0.3, 0.4) is 0 Å². The summed E-state index contributed by atoms with van der Waals surface area (Å²) in [5, 5.41) is 10.9. The molecule has 0 spiro atoms. The van der Waals surface area contributed by atoms with Gasteiger partial charge in [0.15, 0.2) is 17.5 Å². The Kier molecular flexibility index (Phi) is 8.46. The molecule has 0 aliphatic heterocycles. The van der Waals surface area contributed by atoms with Gasteiger partial charge in [-0.3, -0.25) is 0 Å². The summed E-state index contributed by atoms with van der Waals surface area (Å²) < 4.78 is 2.37. The predicted octanol–water partition coefficient (Wildman–Crippen LogP) is 15.3. The highest BCUT2D eigenvalue weighted by molar-refractivity contribution is 6.26. The Hall–Kier alpha value is -8.80. The molecule has 13 aromatic rings. The number of hydrogen-bond donors (Lipinski definition) is 0. The third kappa shape index (κ3) is 6.09. The lowest BCUT2D eigenvalue weighted by molar-refractivity contribution is 1.07. The molecule has 10 aromatic carbocycles. The Labute approximate surface area is 374 Å². The minimum Gasteiger partial charge on any atom is -0.307 e. The van der Waals surface area contributed by atoms with E-state index in [0.29, 0.717) is 17.5 Å². The number of nitrogens with zero attached hydrogens (tertiary/aromatic N) is 5. The molecule has 0 amide bonds. The zero-order valence-corrected chi connectivity index (χ0v) is 35.1. The fourth-order valence-corrected chi connectivity index (χ4v) is 9.77. The van der Waals surface area contributed by atoms with Gasteiger partial charge in [-0.2, -0.15) is 0 Å². The summed E-state index contributed by atoms with van der Waals surface area (Å²) in [5.74, 6) is 1.89. The first-order chi connectivity index (χ1) is 32.2. The van der Waals surface area contributed by atoms with E-state index in [9.17, 15) is 0 Å². The first kappa shape index (κ1) is 36.8. The minimum absolute atomic E-state index is 0.624. The van der Waals surface area contributed by atoms with Crippen molar-refractivity contribution in [3.05, 3.63) is 224 Å². The van der Waals surface area contributed by atoms with Crippen LogP contribution < -0.4 is 0 Å². The summed E-state index contributed by atoms with van der Waals surface area (Å²) in [5.41, 5.74) is 11.4. The summed E-state index contributed by atoms with van der Waals surface area (Å²) >= 11 is 0. The molecule has 13 rings (SSSR count). The topological polar surface area (TPSA) is 56.5 Å². The molecule has 0 bridgehead atoms. The van der Waals surface area contributed by atoms with E-state index in [4.69, 9.17) is 19.9 Å². The number of pyridine rings is 1. The molecule has 0 radical (unpaired) electrons. The van der Waals surface area contributed by atoms with Crippen molar-refractivity contribution < 1.29 is 0 Å². The largest absolute Gasteiger partial charge is 0.307 e. The van der Waals surface area contributed by atoms with E-state index in [2.05, 4.69) is 211 Å². The molecular formula is C60H37N5. The van der Waals surface area contributed by atoms with E-state index >= 15 is 0 Å². The van der Waals surface area contributed by atoms with Crippen LogP contribution in [0.15, 0.2) is 224 Å². The second-order valence-corrected chi connectivity index (χ2v) is 16.6. The molecule has 0 saturated heterocycles. The van der Waals surface area contributed by atoms with Crippen LogP contribution in [0.25, 0.3) is 127 Å². The van der Waals surface area contributed by atoms with Gasteiger partial charge in [-0.1, -0.05) is 194 Å². The average molecular weight is 828 g/mol. The van der Waals surface area contributed by atoms with Gasteiger partial charge in [-0.25, -0.2) is 19.9 Å². The quantitative estimate of drug-likeness (QED) is 0.157. The summed E-state index contributed by atoms with van der Waals surface area (Å²) in [6, 6.07) is 79.2. The summed E-state index contributed by atoms with van der Waals surface area (Å²) in [6.07, 6.45) is 0. The normalized spacial score (nSPS) is 11.7. The summed E-state index contributed by atoms with van der Waals surface area (Å²) in [6.45, 7) is 0. The van der Waals surface area contributed by atoms with Crippen molar-refractivity contribution in [2.75, 3.05) is 0 Å². The first-order valence-electron chi connectivity index (χ1n) is 22.0. The highest BCUT2D eigenvalue weighted by Gasteiger charge is 2.21. The monoisotopic (exact) mass is 827 g/mol. The third-order valence-corrected chi connectivity index (χ3v) is 12.8. The number of hydrogen-bond acceptors (Lipinski definition) is 4. The van der Waals surface area contributed by atoms with E-state index in [0.717, 1.165) is 66.7 Å². The van der Waals surface area contributed by atoms with Crippen molar-refractivity contribution in [2.24, 2.45) is 0 Å². The zero-order chi connectivity index (χ0) is 42.8. The molecule has 3 heterocycles. The molecule has 0 atom stereocenters. The van der Waals surface area contributed by atoms with Crippen molar-refractivity contribution in [3.63, 3.8) is 0 Å². The Bertz CT molecular complexity index is 3940. The molecule has 65 heavy (non-hydrogen) atoms. The van der Waals surface area contributed by atoms with Crippen molar-refractivity contribution in [1.82, 2.24) is 24.5 Å². The smallest absolute Gasteiger partial charge is 0.164 e. The van der Waals surface area contributed by atoms with E-state index in [1.165, 1.54) is 43.1 Å². The maximum absolute atomic E-state index is 5.36. The van der Waals surface area contributed by atoms with Crippen LogP contribution in [0.4, 0.5) is 0 Å². The SMILES string of the molecule is c1ccc(-c2nc(-c3ccc(-c4ccc(-c5nc6ccccc6c6c7ccccc7n(-c7ccccc7)c56)cc4)cc3)nc(-c3ccc4c5ccccc5c5ccccc5c4c3)n2)cc1. The number of para-hydroxylation sites is 3. The first-order valence-corrected chi connectivity index (χ1v) is 22.0. The van der Waals surface area contributed by atoms with Gasteiger partial charge in [0, 0.05) is 44.1 Å². The number of fused-ring (bicyclic) bond motifs is 11. The maximum Gasteiger partial charge on any atom is 0.164 e. The Morgan fingerprint density at radius 2 is 0.708 bits per heavy atom. The molecule has 0 fully saturated rings. The van der Waals surface area contributed by atoms with Crippen LogP contribution in [0.5, 0.6) is 0 Å². The van der Waals surface area contributed by atoms with Crippen molar-refractivity contribution in [1.29, 1.82) is 0 Å². The predicted molar refractivity (Wildman–Crippen MR) is 269 cm³/mol. The Morgan fingerprint density at radius 3 is 1.34 bits per heavy atom. The number of aromatic nitrogens is 5. The number of rotatable bonds is 6. The van der Waals surface area contributed by atoms with Crippen molar-refractivity contribution in [3.8, 4) is 62.2 Å². The third-order valence-electron chi connectivity index (χ3n) is 12.8. The Balaban J connectivity index is 0.898. The van der Waals surface area contributed by atoms with E-state index in [1.807, 2.05) is 18.2 Å². The second kappa shape index (κ2) is 14.9. The molecule has 3 aromatic heterocycles. The molecule has 302 valence electrons. The lowest BCUT2D eigenvalue weighted by Gasteiger charge is -2.13. The van der Waals surface area contributed by atoms with E-state index in [-0.39, 0.29) is 0 Å². The minimum atomic E-state index is 0.624. The van der Waals surface area contributed by atoms with Gasteiger partial charge in [0.25, 0.3) is 0 Å². The number of benzene rings is 10. The fraction of sp³-hybridized carbons (Fsp3) is 0. The van der Waals surface area contributed by atoms with Crippen LogP contribution in [0.1, 0.15) is 0 Å². The van der Waals surface area contributed by atoms with Crippen LogP contribution in [-0.2, 0) is 0 Å². The molecule has 5 nitrogen and oxygen atoms in total. The van der Waals surface area contributed by atoms with Gasteiger partial charge in [0.1, 0.15) is 0 Å². The average Bonchev–Trinajstić information content (AvgIpc) is 3.74. The van der Waals surface area contributed by atoms with Gasteiger partial charge >= 0.3 is 0 Å². The van der Waals surface area contributed by atoms with Crippen LogP contribution in [0, 0.1) is 0 Å². The van der Waals surface area contributed by atoms with Gasteiger partial charge in [-0.15, -0.1) is 0 Å². The fourth-order valence-electron chi connectivity index (χ4n) is 9.77. The van der Waals surface area contributed by atoms with Crippen LogP contribution in [0.2, 0.25) is 0 Å². The van der Waals surface area contributed by atoms with Gasteiger partial charge in [0.2, 0.25) is 0 Å². The highest BCUT2D eigenvalue weighted by atomic mass is 15.0. The lowest BCUT2D eigenvalue weighted by Crippen LogP contribution is -2.00. The summed E-state index contributed by atoms with van der Waals surface area (Å²) in [7, 11) is 0. The second-order valence-electron chi connectivity index (χ2n) is 16.6. The van der Waals surface area contributed by atoms with E-state index < -0.39 is 0 Å². The highest BCUT2D eigenvalue weighted by Crippen LogP contribution is 2.42. The maximum atomic E-state index is 5.36. The zero-order valence-electron chi connectivity index (χ0n) is 35.1. The summed E-state index contributed by atoms with van der Waals surface area (Å²) in [4.78, 5) is 20.7. The molecular weight excluding hydrogens is 791 g/mol. The molecule has 0 saturated carbocycles. The molecule has 0 N–H and O–H groups in total. The molecule has 5 heteroatoms. The van der Waals surface area contributed by atoms with Crippen molar-refractivity contribution in [2.45, 2.75) is 0 Å².